The fraction of sp³-hybridized carbons (Fsp3) is 0.375. The van der Waals surface area contributed by atoms with E-state index in [4.69, 9.17) is 16.3 Å². The van der Waals surface area contributed by atoms with Gasteiger partial charge in [0.1, 0.15) is 6.61 Å². The standard InChI is InChI=1S/C16H20ClN3O2/c1-22-11-16(21)20-8-3-2-7-18-14-6-9-19-15-10-12(17)4-5-13(14)15/h4-6,9-10H,2-3,7-8,11H2,1H3,(H,18,19)(H,20,21). The molecule has 0 radical (unpaired) electrons. The molecule has 0 atom stereocenters. The zero-order valence-electron chi connectivity index (χ0n) is 12.6. The minimum absolute atomic E-state index is 0.0764. The average Bonchev–Trinajstić information content (AvgIpc) is 2.50. The van der Waals surface area contributed by atoms with E-state index in [9.17, 15) is 4.79 Å². The topological polar surface area (TPSA) is 63.2 Å². The van der Waals surface area contributed by atoms with E-state index < -0.39 is 0 Å². The summed E-state index contributed by atoms with van der Waals surface area (Å²) < 4.78 is 4.75. The fourth-order valence-corrected chi connectivity index (χ4v) is 2.32. The number of halogens is 1. The van der Waals surface area contributed by atoms with E-state index in [1.54, 1.807) is 6.20 Å². The molecule has 5 nitrogen and oxygen atoms in total. The normalized spacial score (nSPS) is 10.6. The highest BCUT2D eigenvalue weighted by molar-refractivity contribution is 6.31. The van der Waals surface area contributed by atoms with Gasteiger partial charge < -0.3 is 15.4 Å². The first-order chi connectivity index (χ1) is 10.7. The summed E-state index contributed by atoms with van der Waals surface area (Å²) in [5, 5.41) is 7.94. The van der Waals surface area contributed by atoms with E-state index in [1.165, 1.54) is 7.11 Å². The molecule has 0 saturated heterocycles. The predicted octanol–water partition coefficient (Wildman–Crippen LogP) is 2.84. The number of amides is 1. The molecule has 0 spiro atoms. The molecule has 0 aliphatic heterocycles. The van der Waals surface area contributed by atoms with Crippen molar-refractivity contribution in [1.82, 2.24) is 10.3 Å². The number of ether oxygens (including phenoxy) is 1. The molecule has 1 aromatic heterocycles. The lowest BCUT2D eigenvalue weighted by molar-refractivity contribution is -0.124. The van der Waals surface area contributed by atoms with Gasteiger partial charge >= 0.3 is 0 Å². The van der Waals surface area contributed by atoms with Crippen LogP contribution in [0.15, 0.2) is 30.5 Å². The Labute approximate surface area is 135 Å². The van der Waals surface area contributed by atoms with Crippen molar-refractivity contribution in [3.05, 3.63) is 35.5 Å². The van der Waals surface area contributed by atoms with Crippen molar-refractivity contribution < 1.29 is 9.53 Å². The van der Waals surface area contributed by atoms with Gasteiger partial charge in [0.05, 0.1) is 5.52 Å². The lowest BCUT2D eigenvalue weighted by Gasteiger charge is -2.10. The second-order valence-electron chi connectivity index (χ2n) is 4.94. The van der Waals surface area contributed by atoms with Crippen molar-refractivity contribution in [1.29, 1.82) is 0 Å². The van der Waals surface area contributed by atoms with Gasteiger partial charge in [0.15, 0.2) is 0 Å². The van der Waals surface area contributed by atoms with Gasteiger partial charge in [0.25, 0.3) is 0 Å². The first-order valence-corrected chi connectivity index (χ1v) is 7.62. The van der Waals surface area contributed by atoms with E-state index in [-0.39, 0.29) is 12.5 Å². The van der Waals surface area contributed by atoms with Crippen LogP contribution in [0.5, 0.6) is 0 Å². The summed E-state index contributed by atoms with van der Waals surface area (Å²) in [7, 11) is 1.51. The molecule has 1 amide bonds. The van der Waals surface area contributed by atoms with Crippen LogP contribution >= 0.6 is 11.6 Å². The Morgan fingerprint density at radius 2 is 2.09 bits per heavy atom. The molecular weight excluding hydrogens is 302 g/mol. The maximum Gasteiger partial charge on any atom is 0.245 e. The number of carbonyl (C=O) groups excluding carboxylic acids is 1. The van der Waals surface area contributed by atoms with Crippen LogP contribution in [-0.4, -0.2) is 37.7 Å². The van der Waals surface area contributed by atoms with Crippen LogP contribution in [-0.2, 0) is 9.53 Å². The van der Waals surface area contributed by atoms with Gasteiger partial charge in [0.2, 0.25) is 5.91 Å². The number of methoxy groups -OCH3 is 1. The largest absolute Gasteiger partial charge is 0.384 e. The van der Waals surface area contributed by atoms with Gasteiger partial charge in [-0.1, -0.05) is 11.6 Å². The maximum atomic E-state index is 11.2. The van der Waals surface area contributed by atoms with E-state index in [0.29, 0.717) is 11.6 Å². The molecule has 118 valence electrons. The number of hydrogen-bond acceptors (Lipinski definition) is 4. The molecule has 0 bridgehead atoms. The molecule has 22 heavy (non-hydrogen) atoms. The van der Waals surface area contributed by atoms with E-state index in [1.807, 2.05) is 24.3 Å². The number of nitrogens with zero attached hydrogens (tertiary/aromatic N) is 1. The Hall–Kier alpha value is -1.85. The number of rotatable bonds is 8. The van der Waals surface area contributed by atoms with Crippen LogP contribution in [0.2, 0.25) is 5.02 Å². The summed E-state index contributed by atoms with van der Waals surface area (Å²) >= 11 is 5.98. The van der Waals surface area contributed by atoms with Gasteiger partial charge in [-0.05, 0) is 37.1 Å². The monoisotopic (exact) mass is 321 g/mol. The molecule has 1 heterocycles. The van der Waals surface area contributed by atoms with E-state index in [2.05, 4.69) is 15.6 Å². The number of unbranched alkanes of at least 4 members (excludes halogenated alkanes) is 1. The number of nitrogens with one attached hydrogen (secondary N) is 2. The number of carbonyl (C=O) groups is 1. The highest BCUT2D eigenvalue weighted by Crippen LogP contribution is 2.24. The number of aromatic nitrogens is 1. The molecule has 0 aliphatic rings. The van der Waals surface area contributed by atoms with E-state index in [0.717, 1.165) is 36.0 Å². The number of fused-ring (bicyclic) bond motifs is 1. The van der Waals surface area contributed by atoms with Crippen LogP contribution in [0.4, 0.5) is 5.69 Å². The summed E-state index contributed by atoms with van der Waals surface area (Å²) in [6, 6.07) is 7.64. The van der Waals surface area contributed by atoms with Crippen LogP contribution in [0, 0.1) is 0 Å². The van der Waals surface area contributed by atoms with Crippen molar-refractivity contribution in [3.8, 4) is 0 Å². The minimum atomic E-state index is -0.0764. The van der Waals surface area contributed by atoms with Gasteiger partial charge in [0, 0.05) is 42.5 Å². The van der Waals surface area contributed by atoms with Gasteiger partial charge in [-0.2, -0.15) is 0 Å². The van der Waals surface area contributed by atoms with Crippen LogP contribution < -0.4 is 10.6 Å². The summed E-state index contributed by atoms with van der Waals surface area (Å²) in [6.07, 6.45) is 3.65. The lowest BCUT2D eigenvalue weighted by atomic mass is 10.2. The van der Waals surface area contributed by atoms with Crippen LogP contribution in [0.3, 0.4) is 0 Å². The molecular formula is C16H20ClN3O2. The molecule has 1 aromatic carbocycles. The Bertz CT molecular complexity index is 634. The number of pyridine rings is 1. The predicted molar refractivity (Wildman–Crippen MR) is 89.4 cm³/mol. The highest BCUT2D eigenvalue weighted by atomic mass is 35.5. The summed E-state index contributed by atoms with van der Waals surface area (Å²) in [5.41, 5.74) is 1.93. The summed E-state index contributed by atoms with van der Waals surface area (Å²) in [4.78, 5) is 15.5. The van der Waals surface area contributed by atoms with Gasteiger partial charge in [-0.15, -0.1) is 0 Å². The molecule has 6 heteroatoms. The second-order valence-corrected chi connectivity index (χ2v) is 5.37. The fourth-order valence-electron chi connectivity index (χ4n) is 2.16. The van der Waals surface area contributed by atoms with Gasteiger partial charge in [-0.25, -0.2) is 0 Å². The second kappa shape index (κ2) is 8.56. The summed E-state index contributed by atoms with van der Waals surface area (Å²) in [6.45, 7) is 1.61. The molecule has 0 unspecified atom stereocenters. The Morgan fingerprint density at radius 3 is 2.91 bits per heavy atom. The first kappa shape index (κ1) is 16.5. The zero-order chi connectivity index (χ0) is 15.8. The van der Waals surface area contributed by atoms with Crippen molar-refractivity contribution in [3.63, 3.8) is 0 Å². The molecule has 0 fully saturated rings. The number of hydrogen-bond donors (Lipinski definition) is 2. The number of benzene rings is 1. The lowest BCUT2D eigenvalue weighted by Crippen LogP contribution is -2.28. The Morgan fingerprint density at radius 1 is 1.27 bits per heavy atom. The maximum absolute atomic E-state index is 11.2. The molecule has 2 aromatic rings. The number of anilines is 1. The quantitative estimate of drug-likeness (QED) is 0.734. The third-order valence-electron chi connectivity index (χ3n) is 3.22. The first-order valence-electron chi connectivity index (χ1n) is 7.24. The summed E-state index contributed by atoms with van der Waals surface area (Å²) in [5.74, 6) is -0.0764. The third-order valence-corrected chi connectivity index (χ3v) is 3.46. The van der Waals surface area contributed by atoms with Crippen LogP contribution in [0.1, 0.15) is 12.8 Å². The van der Waals surface area contributed by atoms with Crippen molar-refractivity contribution in [2.45, 2.75) is 12.8 Å². The molecule has 0 saturated carbocycles. The smallest absolute Gasteiger partial charge is 0.245 e. The van der Waals surface area contributed by atoms with Crippen molar-refractivity contribution >= 4 is 34.1 Å². The van der Waals surface area contributed by atoms with Crippen LogP contribution in [0.25, 0.3) is 10.9 Å². The Kier molecular flexibility index (Phi) is 6.43. The van der Waals surface area contributed by atoms with Crippen molar-refractivity contribution in [2.75, 3.05) is 32.1 Å². The van der Waals surface area contributed by atoms with E-state index >= 15 is 0 Å². The molecule has 2 N–H and O–H groups in total. The van der Waals surface area contributed by atoms with Gasteiger partial charge in [-0.3, -0.25) is 9.78 Å². The molecule has 0 aliphatic carbocycles. The third kappa shape index (κ3) is 4.86. The van der Waals surface area contributed by atoms with Crippen molar-refractivity contribution in [2.24, 2.45) is 0 Å². The Balaban J connectivity index is 1.77. The minimum Gasteiger partial charge on any atom is -0.384 e. The highest BCUT2D eigenvalue weighted by Gasteiger charge is 2.02. The molecule has 2 rings (SSSR count). The average molecular weight is 322 g/mol. The SMILES string of the molecule is COCC(=O)NCCCCNc1ccnc2cc(Cl)ccc12. The zero-order valence-corrected chi connectivity index (χ0v) is 13.3.